The van der Waals surface area contributed by atoms with Crippen molar-refractivity contribution >= 4 is 21.6 Å². The van der Waals surface area contributed by atoms with Crippen LogP contribution in [0.25, 0.3) is 0 Å². The van der Waals surface area contributed by atoms with E-state index < -0.39 is 21.7 Å². The highest BCUT2D eigenvalue weighted by Gasteiger charge is 2.18. The molecule has 0 spiro atoms. The van der Waals surface area contributed by atoms with E-state index in [-0.39, 0.29) is 23.2 Å². The average Bonchev–Trinajstić information content (AvgIpc) is 2.95. The van der Waals surface area contributed by atoms with E-state index in [9.17, 15) is 17.6 Å². The number of aromatic nitrogens is 3. The molecular formula is C14H18FN5O3S. The van der Waals surface area contributed by atoms with Crippen LogP contribution in [0.4, 0.5) is 10.1 Å². The van der Waals surface area contributed by atoms with Gasteiger partial charge in [0, 0.05) is 13.0 Å². The van der Waals surface area contributed by atoms with Crippen molar-refractivity contribution in [3.63, 3.8) is 0 Å². The first kappa shape index (κ1) is 18.0. The molecule has 1 aromatic heterocycles. The minimum Gasteiger partial charge on any atom is -0.324 e. The minimum atomic E-state index is -3.90. The maximum Gasteiger partial charge on any atom is 0.241 e. The second-order valence-corrected chi connectivity index (χ2v) is 7.16. The van der Waals surface area contributed by atoms with Crippen LogP contribution in [0.5, 0.6) is 0 Å². The van der Waals surface area contributed by atoms with Gasteiger partial charge in [-0.3, -0.25) is 4.79 Å². The van der Waals surface area contributed by atoms with Gasteiger partial charge in [-0.25, -0.2) is 17.5 Å². The van der Waals surface area contributed by atoms with Crippen LogP contribution in [0.15, 0.2) is 29.4 Å². The summed E-state index contributed by atoms with van der Waals surface area (Å²) in [5.41, 5.74) is -0.198. The van der Waals surface area contributed by atoms with Gasteiger partial charge in [-0.1, -0.05) is 0 Å². The van der Waals surface area contributed by atoms with E-state index in [1.807, 2.05) is 13.8 Å². The molecule has 0 fully saturated rings. The van der Waals surface area contributed by atoms with E-state index in [0.717, 1.165) is 18.2 Å². The molecule has 130 valence electrons. The summed E-state index contributed by atoms with van der Waals surface area (Å²) in [5.74, 6) is -0.761. The Labute approximate surface area is 139 Å². The molecule has 1 amide bonds. The topological polar surface area (TPSA) is 106 Å². The minimum absolute atomic E-state index is 0.0621. The normalized spacial score (nSPS) is 11.7. The molecule has 2 rings (SSSR count). The van der Waals surface area contributed by atoms with Gasteiger partial charge in [0.05, 0.1) is 17.1 Å². The molecule has 2 N–H and O–H groups in total. The fourth-order valence-corrected chi connectivity index (χ4v) is 3.03. The average molecular weight is 355 g/mol. The lowest BCUT2D eigenvalue weighted by Gasteiger charge is -2.12. The third kappa shape index (κ3) is 4.15. The Morgan fingerprint density at radius 1 is 1.38 bits per heavy atom. The molecule has 8 nitrogen and oxygen atoms in total. The molecule has 0 saturated carbocycles. The fourth-order valence-electron chi connectivity index (χ4n) is 2.02. The largest absolute Gasteiger partial charge is 0.324 e. The van der Waals surface area contributed by atoms with Crippen LogP contribution in [0.2, 0.25) is 0 Å². The van der Waals surface area contributed by atoms with Gasteiger partial charge >= 0.3 is 0 Å². The van der Waals surface area contributed by atoms with Crippen LogP contribution in [0, 0.1) is 5.82 Å². The van der Waals surface area contributed by atoms with E-state index in [1.54, 1.807) is 4.57 Å². The summed E-state index contributed by atoms with van der Waals surface area (Å²) in [6, 6.07) is 3.25. The Hall–Kier alpha value is -2.33. The second-order valence-electron chi connectivity index (χ2n) is 5.40. The van der Waals surface area contributed by atoms with E-state index in [2.05, 4.69) is 20.2 Å². The van der Waals surface area contributed by atoms with Gasteiger partial charge in [0.2, 0.25) is 15.9 Å². The predicted octanol–water partition coefficient (Wildman–Crippen LogP) is 1.43. The molecule has 0 unspecified atom stereocenters. The van der Waals surface area contributed by atoms with Crippen LogP contribution >= 0.6 is 0 Å². The molecule has 0 atom stereocenters. The van der Waals surface area contributed by atoms with E-state index in [1.165, 1.54) is 13.3 Å². The molecule has 24 heavy (non-hydrogen) atoms. The number of carbonyl (C=O) groups is 1. The number of nitrogens with one attached hydrogen (secondary N) is 2. The molecule has 10 heteroatoms. The predicted molar refractivity (Wildman–Crippen MR) is 85.1 cm³/mol. The number of rotatable bonds is 6. The highest BCUT2D eigenvalue weighted by atomic mass is 32.2. The van der Waals surface area contributed by atoms with Crippen LogP contribution in [0.1, 0.15) is 32.6 Å². The number of carbonyl (C=O) groups excluding carboxylic acids is 1. The fraction of sp³-hybridized carbons (Fsp3) is 0.357. The third-order valence-corrected chi connectivity index (χ3v) is 4.58. The van der Waals surface area contributed by atoms with Crippen molar-refractivity contribution < 1.29 is 17.6 Å². The van der Waals surface area contributed by atoms with Gasteiger partial charge < -0.3 is 9.88 Å². The molecule has 0 aliphatic rings. The highest BCUT2D eigenvalue weighted by molar-refractivity contribution is 7.89. The van der Waals surface area contributed by atoms with Crippen LogP contribution in [0.3, 0.4) is 0 Å². The third-order valence-electron chi connectivity index (χ3n) is 3.18. The van der Waals surface area contributed by atoms with Gasteiger partial charge in [-0.05, 0) is 32.0 Å². The summed E-state index contributed by atoms with van der Waals surface area (Å²) < 4.78 is 42.4. The van der Waals surface area contributed by atoms with E-state index >= 15 is 0 Å². The maximum atomic E-state index is 13.6. The van der Waals surface area contributed by atoms with Gasteiger partial charge in [0.25, 0.3) is 0 Å². The molecular weight excluding hydrogens is 337 g/mol. The second kappa shape index (κ2) is 7.05. The van der Waals surface area contributed by atoms with E-state index in [0.29, 0.717) is 5.82 Å². The number of benzene rings is 1. The van der Waals surface area contributed by atoms with Crippen LogP contribution in [-0.4, -0.2) is 29.1 Å². The van der Waals surface area contributed by atoms with Crippen LogP contribution < -0.4 is 10.0 Å². The number of halogens is 1. The van der Waals surface area contributed by atoms with Crippen molar-refractivity contribution in [2.24, 2.45) is 0 Å². The number of hydrogen-bond acceptors (Lipinski definition) is 5. The Bertz CT molecular complexity index is 848. The summed E-state index contributed by atoms with van der Waals surface area (Å²) in [4.78, 5) is 10.9. The van der Waals surface area contributed by atoms with E-state index in [4.69, 9.17) is 0 Å². The smallest absolute Gasteiger partial charge is 0.241 e. The number of anilines is 1. The van der Waals surface area contributed by atoms with Crippen molar-refractivity contribution in [3.05, 3.63) is 36.2 Å². The lowest BCUT2D eigenvalue weighted by Crippen LogP contribution is -2.25. The summed E-state index contributed by atoms with van der Waals surface area (Å²) in [6.07, 6.45) is 1.51. The first-order chi connectivity index (χ1) is 11.2. The zero-order valence-corrected chi connectivity index (χ0v) is 14.3. The molecule has 2 aromatic rings. The molecule has 1 heterocycles. The van der Waals surface area contributed by atoms with Gasteiger partial charge in [0.15, 0.2) is 0 Å². The first-order valence-corrected chi connectivity index (χ1v) is 8.64. The zero-order valence-electron chi connectivity index (χ0n) is 13.4. The molecule has 0 radical (unpaired) electrons. The summed E-state index contributed by atoms with van der Waals surface area (Å²) in [7, 11) is -3.90. The SMILES string of the molecule is CC(=O)Nc1cc(S(=O)(=O)NCc2nncn2C(C)C)ccc1F. The summed E-state index contributed by atoms with van der Waals surface area (Å²) in [6.45, 7) is 4.98. The number of sulfonamides is 1. The van der Waals surface area contributed by atoms with Crippen molar-refractivity contribution in [3.8, 4) is 0 Å². The summed E-state index contributed by atoms with van der Waals surface area (Å²) >= 11 is 0. The zero-order chi connectivity index (χ0) is 17.9. The highest BCUT2D eigenvalue weighted by Crippen LogP contribution is 2.20. The van der Waals surface area contributed by atoms with Crippen molar-refractivity contribution in [1.82, 2.24) is 19.5 Å². The number of nitrogens with zero attached hydrogens (tertiary/aromatic N) is 3. The monoisotopic (exact) mass is 355 g/mol. The molecule has 0 saturated heterocycles. The standard InChI is InChI=1S/C14H18FN5O3S/c1-9(2)20-8-16-19-14(20)7-17-24(22,23)11-4-5-12(15)13(6-11)18-10(3)21/h4-6,8-9,17H,7H2,1-3H3,(H,18,21). The Morgan fingerprint density at radius 2 is 2.08 bits per heavy atom. The number of hydrogen-bond donors (Lipinski definition) is 2. The lowest BCUT2D eigenvalue weighted by molar-refractivity contribution is -0.114. The molecule has 0 bridgehead atoms. The van der Waals surface area contributed by atoms with Crippen LogP contribution in [-0.2, 0) is 21.4 Å². The van der Waals surface area contributed by atoms with Crippen molar-refractivity contribution in [2.75, 3.05) is 5.32 Å². The Morgan fingerprint density at radius 3 is 2.71 bits per heavy atom. The molecule has 0 aliphatic heterocycles. The summed E-state index contributed by atoms with van der Waals surface area (Å²) in [5, 5.41) is 9.88. The van der Waals surface area contributed by atoms with Gasteiger partial charge in [-0.2, -0.15) is 0 Å². The lowest BCUT2D eigenvalue weighted by atomic mass is 10.3. The Balaban J connectivity index is 2.21. The molecule has 1 aromatic carbocycles. The maximum absolute atomic E-state index is 13.6. The quantitative estimate of drug-likeness (QED) is 0.815. The number of amides is 1. The molecule has 0 aliphatic carbocycles. The first-order valence-electron chi connectivity index (χ1n) is 7.16. The van der Waals surface area contributed by atoms with Crippen molar-refractivity contribution in [1.29, 1.82) is 0 Å². The van der Waals surface area contributed by atoms with Gasteiger partial charge in [0.1, 0.15) is 18.0 Å². The Kier molecular flexibility index (Phi) is 5.30. The van der Waals surface area contributed by atoms with Gasteiger partial charge in [-0.15, -0.1) is 10.2 Å². The van der Waals surface area contributed by atoms with Crippen molar-refractivity contribution in [2.45, 2.75) is 38.3 Å².